The SMILES string of the molecule is NC(=O)COc1ccc([C@H]2CC(=O)Nc3c2ncn3-c2ccc(F)cc2)cc1. The first-order valence-corrected chi connectivity index (χ1v) is 8.65. The first kappa shape index (κ1) is 17.7. The molecule has 0 radical (unpaired) electrons. The molecule has 0 saturated carbocycles. The van der Waals surface area contributed by atoms with Crippen molar-refractivity contribution in [1.29, 1.82) is 0 Å². The minimum absolute atomic E-state index is 0.129. The van der Waals surface area contributed by atoms with Crippen LogP contribution in [0.15, 0.2) is 54.9 Å². The van der Waals surface area contributed by atoms with Crippen molar-refractivity contribution in [1.82, 2.24) is 9.55 Å². The van der Waals surface area contributed by atoms with E-state index in [1.807, 2.05) is 12.1 Å². The van der Waals surface area contributed by atoms with Crippen molar-refractivity contribution >= 4 is 17.6 Å². The van der Waals surface area contributed by atoms with E-state index in [-0.39, 0.29) is 30.7 Å². The van der Waals surface area contributed by atoms with Gasteiger partial charge in [0.2, 0.25) is 5.91 Å². The van der Waals surface area contributed by atoms with Crippen molar-refractivity contribution in [2.24, 2.45) is 5.73 Å². The van der Waals surface area contributed by atoms with Crippen molar-refractivity contribution in [2.45, 2.75) is 12.3 Å². The molecule has 1 aliphatic heterocycles. The van der Waals surface area contributed by atoms with Gasteiger partial charge in [0.05, 0.1) is 5.69 Å². The number of hydrogen-bond acceptors (Lipinski definition) is 4. The maximum Gasteiger partial charge on any atom is 0.255 e. The number of benzene rings is 2. The van der Waals surface area contributed by atoms with Crippen LogP contribution in [0.4, 0.5) is 10.2 Å². The molecule has 4 rings (SSSR count). The zero-order valence-corrected chi connectivity index (χ0v) is 14.8. The molecule has 1 aromatic heterocycles. The van der Waals surface area contributed by atoms with E-state index >= 15 is 0 Å². The number of amides is 2. The highest BCUT2D eigenvalue weighted by Gasteiger charge is 2.31. The molecule has 2 amide bonds. The highest BCUT2D eigenvalue weighted by Crippen LogP contribution is 2.37. The van der Waals surface area contributed by atoms with Crippen LogP contribution in [-0.2, 0) is 9.59 Å². The summed E-state index contributed by atoms with van der Waals surface area (Å²) in [5.74, 6) is -0.157. The van der Waals surface area contributed by atoms with Gasteiger partial charge in [0.25, 0.3) is 5.91 Å². The Morgan fingerprint density at radius 3 is 2.61 bits per heavy atom. The van der Waals surface area contributed by atoms with Crippen LogP contribution >= 0.6 is 0 Å². The number of carbonyl (C=O) groups is 2. The fourth-order valence-corrected chi connectivity index (χ4v) is 3.23. The maximum absolute atomic E-state index is 13.2. The summed E-state index contributed by atoms with van der Waals surface area (Å²) in [6.45, 7) is -0.197. The number of hydrogen-bond donors (Lipinski definition) is 2. The van der Waals surface area contributed by atoms with E-state index in [0.717, 1.165) is 11.3 Å². The molecule has 0 bridgehead atoms. The number of ether oxygens (including phenoxy) is 1. The predicted octanol–water partition coefficient (Wildman–Crippen LogP) is 2.35. The van der Waals surface area contributed by atoms with Crippen LogP contribution in [0.3, 0.4) is 0 Å². The highest BCUT2D eigenvalue weighted by molar-refractivity contribution is 5.94. The normalized spacial score (nSPS) is 15.6. The van der Waals surface area contributed by atoms with Crippen LogP contribution in [0.2, 0.25) is 0 Å². The molecule has 2 aromatic carbocycles. The lowest BCUT2D eigenvalue weighted by atomic mass is 9.90. The molecule has 0 aliphatic carbocycles. The second kappa shape index (κ2) is 7.15. The summed E-state index contributed by atoms with van der Waals surface area (Å²) in [5.41, 5.74) is 7.40. The number of halogens is 1. The molecular formula is C20H17FN4O3. The number of primary amides is 1. The number of anilines is 1. The summed E-state index contributed by atoms with van der Waals surface area (Å²) in [7, 11) is 0. The smallest absolute Gasteiger partial charge is 0.255 e. The van der Waals surface area contributed by atoms with Gasteiger partial charge in [-0.25, -0.2) is 9.37 Å². The molecule has 0 saturated heterocycles. The lowest BCUT2D eigenvalue weighted by Gasteiger charge is -2.23. The Kier molecular flexibility index (Phi) is 4.52. The lowest BCUT2D eigenvalue weighted by molar-refractivity contribution is -0.120. The Labute approximate surface area is 159 Å². The molecule has 142 valence electrons. The van der Waals surface area contributed by atoms with Gasteiger partial charge in [-0.1, -0.05) is 12.1 Å². The van der Waals surface area contributed by atoms with E-state index in [4.69, 9.17) is 10.5 Å². The summed E-state index contributed by atoms with van der Waals surface area (Å²) < 4.78 is 20.2. The molecule has 0 spiro atoms. The Bertz CT molecular complexity index is 1030. The summed E-state index contributed by atoms with van der Waals surface area (Å²) in [6, 6.07) is 13.1. The number of carbonyl (C=O) groups excluding carboxylic acids is 2. The molecule has 7 nitrogen and oxygen atoms in total. The number of nitrogens with two attached hydrogens (primary N) is 1. The highest BCUT2D eigenvalue weighted by atomic mass is 19.1. The average Bonchev–Trinajstić information content (AvgIpc) is 3.10. The van der Waals surface area contributed by atoms with Gasteiger partial charge in [-0.05, 0) is 42.0 Å². The van der Waals surface area contributed by atoms with E-state index in [9.17, 15) is 14.0 Å². The Morgan fingerprint density at radius 2 is 1.93 bits per heavy atom. The minimum atomic E-state index is -0.552. The standard InChI is InChI=1S/C20H17FN4O3/c21-13-3-5-14(6-4-13)25-11-23-19-16(9-18(27)24-20(19)25)12-1-7-15(8-2-12)28-10-17(22)26/h1-8,11,16H,9-10H2,(H2,22,26)(H,24,27)/t16-/m1/s1. The van der Waals surface area contributed by atoms with E-state index < -0.39 is 5.91 Å². The Balaban J connectivity index is 1.65. The molecule has 1 aliphatic rings. The van der Waals surface area contributed by atoms with E-state index in [2.05, 4.69) is 10.3 Å². The number of aromatic nitrogens is 2. The van der Waals surface area contributed by atoms with Crippen molar-refractivity contribution in [3.8, 4) is 11.4 Å². The van der Waals surface area contributed by atoms with Crippen molar-refractivity contribution in [3.05, 3.63) is 71.9 Å². The zero-order valence-electron chi connectivity index (χ0n) is 14.8. The number of fused-ring (bicyclic) bond motifs is 1. The van der Waals surface area contributed by atoms with Crippen LogP contribution < -0.4 is 15.8 Å². The molecule has 3 N–H and O–H groups in total. The van der Waals surface area contributed by atoms with Crippen LogP contribution in [0.25, 0.3) is 5.69 Å². The van der Waals surface area contributed by atoms with Gasteiger partial charge in [-0.15, -0.1) is 0 Å². The predicted molar refractivity (Wildman–Crippen MR) is 99.7 cm³/mol. The third-order valence-electron chi connectivity index (χ3n) is 4.54. The van der Waals surface area contributed by atoms with E-state index in [1.54, 1.807) is 35.2 Å². The molecular weight excluding hydrogens is 363 g/mol. The van der Waals surface area contributed by atoms with Crippen molar-refractivity contribution in [2.75, 3.05) is 11.9 Å². The first-order chi connectivity index (χ1) is 13.5. The topological polar surface area (TPSA) is 99.2 Å². The number of imidazole rings is 1. The number of nitrogens with one attached hydrogen (secondary N) is 1. The summed E-state index contributed by atoms with van der Waals surface area (Å²) >= 11 is 0. The van der Waals surface area contributed by atoms with Gasteiger partial charge < -0.3 is 15.8 Å². The molecule has 3 aromatic rings. The van der Waals surface area contributed by atoms with Crippen LogP contribution in [-0.4, -0.2) is 28.0 Å². The summed E-state index contributed by atoms with van der Waals surface area (Å²) in [4.78, 5) is 27.6. The summed E-state index contributed by atoms with van der Waals surface area (Å²) in [6.07, 6.45) is 1.87. The van der Waals surface area contributed by atoms with Crippen molar-refractivity contribution in [3.63, 3.8) is 0 Å². The molecule has 0 fully saturated rings. The second-order valence-electron chi connectivity index (χ2n) is 6.45. The zero-order chi connectivity index (χ0) is 19.7. The maximum atomic E-state index is 13.2. The Hall–Kier alpha value is -3.68. The third-order valence-corrected chi connectivity index (χ3v) is 4.54. The van der Waals surface area contributed by atoms with Gasteiger partial charge in [0.15, 0.2) is 6.61 Å². The van der Waals surface area contributed by atoms with Gasteiger partial charge in [-0.3, -0.25) is 14.2 Å². The first-order valence-electron chi connectivity index (χ1n) is 8.65. The Morgan fingerprint density at radius 1 is 1.21 bits per heavy atom. The van der Waals surface area contributed by atoms with Crippen LogP contribution in [0, 0.1) is 5.82 Å². The fraction of sp³-hybridized carbons (Fsp3) is 0.150. The van der Waals surface area contributed by atoms with Gasteiger partial charge in [-0.2, -0.15) is 0 Å². The monoisotopic (exact) mass is 380 g/mol. The second-order valence-corrected chi connectivity index (χ2v) is 6.45. The fourth-order valence-electron chi connectivity index (χ4n) is 3.23. The molecule has 28 heavy (non-hydrogen) atoms. The average molecular weight is 380 g/mol. The molecule has 0 unspecified atom stereocenters. The van der Waals surface area contributed by atoms with Crippen LogP contribution in [0.5, 0.6) is 5.75 Å². The van der Waals surface area contributed by atoms with E-state index in [1.165, 1.54) is 12.1 Å². The van der Waals surface area contributed by atoms with Crippen LogP contribution in [0.1, 0.15) is 23.6 Å². The third kappa shape index (κ3) is 3.44. The number of rotatable bonds is 5. The largest absolute Gasteiger partial charge is 0.484 e. The number of nitrogens with zero attached hydrogens (tertiary/aromatic N) is 2. The van der Waals surface area contributed by atoms with Gasteiger partial charge in [0, 0.05) is 18.0 Å². The van der Waals surface area contributed by atoms with Gasteiger partial charge in [0.1, 0.15) is 23.7 Å². The molecule has 8 heteroatoms. The van der Waals surface area contributed by atoms with E-state index in [0.29, 0.717) is 17.3 Å². The minimum Gasteiger partial charge on any atom is -0.484 e. The lowest BCUT2D eigenvalue weighted by Crippen LogP contribution is -2.25. The van der Waals surface area contributed by atoms with Crippen molar-refractivity contribution < 1.29 is 18.7 Å². The summed E-state index contributed by atoms with van der Waals surface area (Å²) in [5, 5.41) is 2.86. The molecule has 2 heterocycles. The van der Waals surface area contributed by atoms with Gasteiger partial charge >= 0.3 is 0 Å². The molecule has 1 atom stereocenters. The quantitative estimate of drug-likeness (QED) is 0.710.